The van der Waals surface area contributed by atoms with Crippen molar-refractivity contribution < 1.29 is 28.9 Å². The molecular weight excluding hydrogens is 360 g/mol. The number of allylic oxidation sites excluding steroid dienone is 2. The zero-order valence-electron chi connectivity index (χ0n) is 18.0. The molecule has 0 spiro atoms. The van der Waals surface area contributed by atoms with E-state index in [0.717, 1.165) is 18.4 Å². The number of esters is 2. The molecule has 0 aromatic heterocycles. The Hall–Kier alpha value is -1.66. The van der Waals surface area contributed by atoms with E-state index in [9.17, 15) is 14.7 Å². The van der Waals surface area contributed by atoms with Crippen molar-refractivity contribution in [1.29, 1.82) is 0 Å². The number of fused-ring (bicyclic) bond motifs is 1. The number of epoxide rings is 1. The largest absolute Gasteiger partial charge is 0.459 e. The molecule has 0 unspecified atom stereocenters. The second-order valence-electron chi connectivity index (χ2n) is 8.52. The van der Waals surface area contributed by atoms with Crippen LogP contribution in [0.15, 0.2) is 23.3 Å². The predicted octanol–water partition coefficient (Wildman–Crippen LogP) is 3.33. The lowest BCUT2D eigenvalue weighted by Gasteiger charge is -2.38. The van der Waals surface area contributed by atoms with Crippen molar-refractivity contribution in [2.45, 2.75) is 91.3 Å². The van der Waals surface area contributed by atoms with E-state index in [2.05, 4.69) is 0 Å². The van der Waals surface area contributed by atoms with Crippen molar-refractivity contribution in [3.05, 3.63) is 23.3 Å². The van der Waals surface area contributed by atoms with Gasteiger partial charge in [-0.05, 0) is 52.0 Å². The lowest BCUT2D eigenvalue weighted by Crippen LogP contribution is -2.50. The first kappa shape index (κ1) is 22.6. The molecule has 0 bridgehead atoms. The maximum Gasteiger partial charge on any atom is 0.333 e. The van der Waals surface area contributed by atoms with Gasteiger partial charge in [-0.1, -0.05) is 26.0 Å². The van der Waals surface area contributed by atoms with Gasteiger partial charge in [0.25, 0.3) is 0 Å². The van der Waals surface area contributed by atoms with Gasteiger partial charge in [0.05, 0.1) is 5.60 Å². The number of carbonyl (C=O) groups is 2. The van der Waals surface area contributed by atoms with Crippen molar-refractivity contribution in [3.63, 3.8) is 0 Å². The van der Waals surface area contributed by atoms with Gasteiger partial charge in [-0.2, -0.15) is 0 Å². The number of carbonyl (C=O) groups excluding carboxylic acids is 2. The van der Waals surface area contributed by atoms with Gasteiger partial charge in [0.2, 0.25) is 0 Å². The van der Waals surface area contributed by atoms with Gasteiger partial charge in [-0.15, -0.1) is 0 Å². The highest BCUT2D eigenvalue weighted by Crippen LogP contribution is 2.48. The highest BCUT2D eigenvalue weighted by molar-refractivity contribution is 5.87. The van der Waals surface area contributed by atoms with Gasteiger partial charge < -0.3 is 19.3 Å². The van der Waals surface area contributed by atoms with E-state index in [1.807, 2.05) is 33.8 Å². The molecule has 1 aliphatic heterocycles. The third-order valence-electron chi connectivity index (χ3n) is 5.95. The SMILES string of the molecule is C/C=C(\C)C(=O)O[C@@H]1[C@H](C(C)C)[C@H](OC(C)=O)[C@H]2O[C@]2(C)CC/C=C(/C)[C@@H]1O. The topological polar surface area (TPSA) is 85.4 Å². The summed E-state index contributed by atoms with van der Waals surface area (Å²) in [6.07, 6.45) is 2.42. The molecule has 1 aliphatic carbocycles. The molecule has 6 nitrogen and oxygen atoms in total. The van der Waals surface area contributed by atoms with Crippen LogP contribution in [0, 0.1) is 11.8 Å². The highest BCUT2D eigenvalue weighted by atomic mass is 16.6. The van der Waals surface area contributed by atoms with Crippen LogP contribution in [-0.4, -0.2) is 47.1 Å². The second-order valence-corrected chi connectivity index (χ2v) is 8.52. The van der Waals surface area contributed by atoms with Crippen molar-refractivity contribution in [1.82, 2.24) is 0 Å². The molecule has 158 valence electrons. The minimum Gasteiger partial charge on any atom is -0.459 e. The summed E-state index contributed by atoms with van der Waals surface area (Å²) in [6.45, 7) is 12.6. The number of ether oxygens (including phenoxy) is 3. The molecule has 2 rings (SSSR count). The van der Waals surface area contributed by atoms with Gasteiger partial charge in [0.15, 0.2) is 0 Å². The number of hydrogen-bond acceptors (Lipinski definition) is 6. The summed E-state index contributed by atoms with van der Waals surface area (Å²) in [4.78, 5) is 24.4. The fourth-order valence-corrected chi connectivity index (χ4v) is 4.01. The zero-order valence-corrected chi connectivity index (χ0v) is 18.0. The van der Waals surface area contributed by atoms with E-state index in [1.54, 1.807) is 19.9 Å². The predicted molar refractivity (Wildman–Crippen MR) is 105 cm³/mol. The monoisotopic (exact) mass is 394 g/mol. The van der Waals surface area contributed by atoms with Crippen molar-refractivity contribution in [2.24, 2.45) is 11.8 Å². The van der Waals surface area contributed by atoms with E-state index >= 15 is 0 Å². The van der Waals surface area contributed by atoms with Crippen LogP contribution in [0.4, 0.5) is 0 Å². The molecule has 1 N–H and O–H groups in total. The van der Waals surface area contributed by atoms with Gasteiger partial charge >= 0.3 is 11.9 Å². The maximum absolute atomic E-state index is 12.5. The number of rotatable bonds is 4. The molecule has 1 heterocycles. The van der Waals surface area contributed by atoms with E-state index in [0.29, 0.717) is 5.57 Å². The molecule has 0 saturated carbocycles. The fraction of sp³-hybridized carbons (Fsp3) is 0.727. The fourth-order valence-electron chi connectivity index (χ4n) is 4.01. The third kappa shape index (κ3) is 4.84. The molecule has 0 aromatic rings. The van der Waals surface area contributed by atoms with E-state index in [4.69, 9.17) is 14.2 Å². The Kier molecular flexibility index (Phi) is 7.10. The summed E-state index contributed by atoms with van der Waals surface area (Å²) in [5.41, 5.74) is 0.816. The first-order valence-corrected chi connectivity index (χ1v) is 10.1. The molecule has 0 radical (unpaired) electrons. The number of hydrogen-bond donors (Lipinski definition) is 1. The van der Waals surface area contributed by atoms with Gasteiger partial charge in [0, 0.05) is 18.4 Å². The summed E-state index contributed by atoms with van der Waals surface area (Å²) >= 11 is 0. The van der Waals surface area contributed by atoms with Crippen molar-refractivity contribution in [2.75, 3.05) is 0 Å². The Morgan fingerprint density at radius 3 is 2.46 bits per heavy atom. The standard InChI is InChI=1S/C22H34O6/c1-8-13(4)21(25)27-18-16(12(2)3)19(26-15(6)23)20-22(7,28-20)11-9-10-14(5)17(18)24/h8,10,12,16-20,24H,9,11H2,1-7H3/b13-8+,14-10-/t16-,17-,18+,19-,20+,22+/m0/s1. The molecule has 6 atom stereocenters. The van der Waals surface area contributed by atoms with Crippen molar-refractivity contribution in [3.8, 4) is 0 Å². The van der Waals surface area contributed by atoms with Gasteiger partial charge in [-0.3, -0.25) is 4.79 Å². The van der Waals surface area contributed by atoms with Crippen molar-refractivity contribution >= 4 is 11.9 Å². The normalized spacial score (nSPS) is 38.1. The second kappa shape index (κ2) is 8.78. The Labute approximate surface area is 167 Å². The van der Waals surface area contributed by atoms with Crippen LogP contribution in [0.3, 0.4) is 0 Å². The van der Waals surface area contributed by atoms with E-state index < -0.39 is 36.2 Å². The average Bonchev–Trinajstić information content (AvgIpc) is 3.28. The smallest absolute Gasteiger partial charge is 0.333 e. The third-order valence-corrected chi connectivity index (χ3v) is 5.95. The molecule has 6 heteroatoms. The van der Waals surface area contributed by atoms with Crippen LogP contribution in [0.5, 0.6) is 0 Å². The lowest BCUT2D eigenvalue weighted by atomic mass is 9.77. The number of aliphatic hydroxyl groups is 1. The van der Waals surface area contributed by atoms with Crippen LogP contribution in [0.2, 0.25) is 0 Å². The molecule has 28 heavy (non-hydrogen) atoms. The summed E-state index contributed by atoms with van der Waals surface area (Å²) in [5, 5.41) is 11.1. The first-order chi connectivity index (χ1) is 13.0. The molecule has 1 saturated heterocycles. The Balaban J connectivity index is 2.51. The zero-order chi connectivity index (χ0) is 21.2. The van der Waals surface area contributed by atoms with Gasteiger partial charge in [-0.25, -0.2) is 4.79 Å². The highest BCUT2D eigenvalue weighted by Gasteiger charge is 2.61. The Morgan fingerprint density at radius 2 is 1.93 bits per heavy atom. The molecule has 0 aromatic carbocycles. The Morgan fingerprint density at radius 1 is 1.29 bits per heavy atom. The van der Waals surface area contributed by atoms with Crippen LogP contribution < -0.4 is 0 Å². The molecule has 0 amide bonds. The molecule has 2 aliphatic rings. The first-order valence-electron chi connectivity index (χ1n) is 10.1. The van der Waals surface area contributed by atoms with Crippen LogP contribution in [0.1, 0.15) is 61.3 Å². The van der Waals surface area contributed by atoms with E-state index in [1.165, 1.54) is 6.92 Å². The maximum atomic E-state index is 12.5. The number of aliphatic hydroxyl groups excluding tert-OH is 1. The summed E-state index contributed by atoms with van der Waals surface area (Å²) in [7, 11) is 0. The van der Waals surface area contributed by atoms with Crippen LogP contribution in [0.25, 0.3) is 0 Å². The Bertz CT molecular complexity index is 664. The summed E-state index contributed by atoms with van der Waals surface area (Å²) in [5.74, 6) is -1.34. The minimum absolute atomic E-state index is 0.0246. The van der Waals surface area contributed by atoms with Gasteiger partial charge in [0.1, 0.15) is 24.4 Å². The minimum atomic E-state index is -0.984. The summed E-state index contributed by atoms with van der Waals surface area (Å²) < 4.78 is 17.5. The summed E-state index contributed by atoms with van der Waals surface area (Å²) in [6, 6.07) is 0. The van der Waals surface area contributed by atoms with Crippen LogP contribution in [-0.2, 0) is 23.8 Å². The molecular formula is C22H34O6. The lowest BCUT2D eigenvalue weighted by molar-refractivity contribution is -0.169. The quantitative estimate of drug-likeness (QED) is 0.341. The van der Waals surface area contributed by atoms with Crippen LogP contribution >= 0.6 is 0 Å². The molecule has 1 fully saturated rings. The van der Waals surface area contributed by atoms with E-state index in [-0.39, 0.29) is 17.6 Å². The average molecular weight is 395 g/mol.